The van der Waals surface area contributed by atoms with Gasteiger partial charge in [-0.15, -0.1) is 10.2 Å². The lowest BCUT2D eigenvalue weighted by Crippen LogP contribution is -2.49. The van der Waals surface area contributed by atoms with Crippen molar-refractivity contribution in [1.82, 2.24) is 30.5 Å². The third kappa shape index (κ3) is 6.69. The van der Waals surface area contributed by atoms with E-state index in [2.05, 4.69) is 27.0 Å². The fourth-order valence-electron chi connectivity index (χ4n) is 4.44. The number of rotatable bonds is 8. The van der Waals surface area contributed by atoms with Crippen LogP contribution in [0.3, 0.4) is 0 Å². The Morgan fingerprint density at radius 3 is 2.69 bits per heavy atom. The van der Waals surface area contributed by atoms with Crippen LogP contribution in [0.4, 0.5) is 4.79 Å². The van der Waals surface area contributed by atoms with Crippen molar-refractivity contribution in [2.75, 3.05) is 19.6 Å². The average Bonchev–Trinajstić information content (AvgIpc) is 3.32. The van der Waals surface area contributed by atoms with Crippen LogP contribution in [-0.4, -0.2) is 62.5 Å². The second-order valence-electron chi connectivity index (χ2n) is 9.02. The predicted molar refractivity (Wildman–Crippen MR) is 130 cm³/mol. The van der Waals surface area contributed by atoms with Crippen molar-refractivity contribution in [2.24, 2.45) is 5.92 Å². The van der Waals surface area contributed by atoms with Gasteiger partial charge in [0.1, 0.15) is 12.4 Å². The van der Waals surface area contributed by atoms with Crippen molar-refractivity contribution in [3.05, 3.63) is 53.6 Å². The van der Waals surface area contributed by atoms with Gasteiger partial charge >= 0.3 is 12.1 Å². The smallest absolute Gasteiger partial charge is 0.429 e. The number of hydrogen-bond donors (Lipinski definition) is 3. The van der Waals surface area contributed by atoms with Gasteiger partial charge < -0.3 is 19.7 Å². The van der Waals surface area contributed by atoms with Crippen molar-refractivity contribution < 1.29 is 24.2 Å². The summed E-state index contributed by atoms with van der Waals surface area (Å²) in [6, 6.07) is 9.10. The second kappa shape index (κ2) is 12.3. The van der Waals surface area contributed by atoms with E-state index >= 15 is 0 Å². The Bertz CT molecular complexity index is 1080. The van der Waals surface area contributed by atoms with Crippen molar-refractivity contribution in [2.45, 2.75) is 51.2 Å². The van der Waals surface area contributed by atoms with Gasteiger partial charge in [0, 0.05) is 6.54 Å². The number of nitrogens with zero attached hydrogens (tertiary/aromatic N) is 4. The molecule has 36 heavy (non-hydrogen) atoms. The van der Waals surface area contributed by atoms with E-state index in [9.17, 15) is 14.4 Å². The van der Waals surface area contributed by atoms with Crippen LogP contribution in [0.2, 0.25) is 0 Å². The molecule has 192 valence electrons. The molecule has 2 aliphatic rings. The quantitative estimate of drug-likeness (QED) is 0.473. The van der Waals surface area contributed by atoms with E-state index in [-0.39, 0.29) is 19.6 Å². The van der Waals surface area contributed by atoms with Crippen molar-refractivity contribution >= 4 is 24.0 Å². The topological polar surface area (TPSA) is 139 Å². The van der Waals surface area contributed by atoms with Gasteiger partial charge in [0.25, 0.3) is 0 Å². The SMILES string of the molecule is O=C(O)CCN(NC(=O)C1CCCn2c(C=CC3CCNCC3)nnc21)C(=O)OCc1ccccc1. The number of aromatic nitrogens is 3. The van der Waals surface area contributed by atoms with Gasteiger partial charge in [0.05, 0.1) is 18.9 Å². The Hall–Kier alpha value is -3.73. The Balaban J connectivity index is 1.42. The van der Waals surface area contributed by atoms with E-state index in [1.807, 2.05) is 28.8 Å². The van der Waals surface area contributed by atoms with Gasteiger partial charge in [-0.3, -0.25) is 15.0 Å². The number of nitrogens with one attached hydrogen (secondary N) is 2. The molecule has 1 aromatic heterocycles. The van der Waals surface area contributed by atoms with Crippen LogP contribution >= 0.6 is 0 Å². The molecule has 4 rings (SSSR count). The first kappa shape index (κ1) is 25.4. The number of fused-ring (bicyclic) bond motifs is 1. The van der Waals surface area contributed by atoms with Gasteiger partial charge in [-0.25, -0.2) is 9.80 Å². The Morgan fingerprint density at radius 2 is 1.94 bits per heavy atom. The molecule has 1 unspecified atom stereocenters. The van der Waals surface area contributed by atoms with Crippen LogP contribution in [0.25, 0.3) is 6.08 Å². The molecule has 0 spiro atoms. The molecular weight excluding hydrogens is 464 g/mol. The highest BCUT2D eigenvalue weighted by molar-refractivity contribution is 5.85. The Morgan fingerprint density at radius 1 is 1.17 bits per heavy atom. The highest BCUT2D eigenvalue weighted by atomic mass is 16.6. The average molecular weight is 497 g/mol. The van der Waals surface area contributed by atoms with Gasteiger partial charge in [-0.05, 0) is 56.3 Å². The summed E-state index contributed by atoms with van der Waals surface area (Å²) >= 11 is 0. The van der Waals surface area contributed by atoms with Gasteiger partial charge in [-0.2, -0.15) is 0 Å². The van der Waals surface area contributed by atoms with Crippen LogP contribution in [0.5, 0.6) is 0 Å². The molecule has 2 aliphatic heterocycles. The highest BCUT2D eigenvalue weighted by Gasteiger charge is 2.32. The number of ether oxygens (including phenoxy) is 1. The van der Waals surface area contributed by atoms with Crippen molar-refractivity contribution in [3.63, 3.8) is 0 Å². The van der Waals surface area contributed by atoms with Crippen LogP contribution in [0, 0.1) is 5.92 Å². The zero-order valence-electron chi connectivity index (χ0n) is 20.1. The van der Waals surface area contributed by atoms with E-state index in [1.165, 1.54) is 0 Å². The first-order valence-electron chi connectivity index (χ1n) is 12.3. The predicted octanol–water partition coefficient (Wildman–Crippen LogP) is 2.31. The summed E-state index contributed by atoms with van der Waals surface area (Å²) in [6.07, 6.45) is 6.44. The first-order chi connectivity index (χ1) is 17.5. The summed E-state index contributed by atoms with van der Waals surface area (Å²) in [5, 5.41) is 21.9. The van der Waals surface area contributed by atoms with Crippen LogP contribution in [0.1, 0.15) is 55.2 Å². The Kier molecular flexibility index (Phi) is 8.66. The number of hydrogen-bond acceptors (Lipinski definition) is 7. The van der Waals surface area contributed by atoms with Crippen molar-refractivity contribution in [3.8, 4) is 0 Å². The monoisotopic (exact) mass is 496 g/mol. The number of carboxylic acid groups (broad SMARTS) is 1. The lowest BCUT2D eigenvalue weighted by Gasteiger charge is -2.27. The fraction of sp³-hybridized carbons (Fsp3) is 0.480. The first-order valence-corrected chi connectivity index (χ1v) is 12.3. The number of aliphatic carboxylic acids is 1. The van der Waals surface area contributed by atoms with Crippen LogP contribution in [-0.2, 0) is 27.5 Å². The lowest BCUT2D eigenvalue weighted by molar-refractivity contribution is -0.138. The van der Waals surface area contributed by atoms with Crippen LogP contribution < -0.4 is 10.7 Å². The molecule has 0 aliphatic carbocycles. The number of hydrazine groups is 1. The summed E-state index contributed by atoms with van der Waals surface area (Å²) < 4.78 is 7.25. The molecule has 1 aromatic carbocycles. The largest absolute Gasteiger partial charge is 0.481 e. The molecule has 3 N–H and O–H groups in total. The van der Waals surface area contributed by atoms with E-state index in [0.29, 0.717) is 30.5 Å². The molecule has 1 fully saturated rings. The Labute approximate surface area is 209 Å². The molecule has 0 saturated carbocycles. The zero-order chi connectivity index (χ0) is 25.3. The summed E-state index contributed by atoms with van der Waals surface area (Å²) in [5.74, 6) is -0.398. The molecule has 2 amide bonds. The van der Waals surface area contributed by atoms with E-state index in [1.54, 1.807) is 12.1 Å². The molecule has 0 radical (unpaired) electrons. The third-order valence-electron chi connectivity index (χ3n) is 6.43. The second-order valence-corrected chi connectivity index (χ2v) is 9.02. The minimum Gasteiger partial charge on any atom is -0.481 e. The molecule has 11 nitrogen and oxygen atoms in total. The fourth-order valence-corrected chi connectivity index (χ4v) is 4.44. The minimum absolute atomic E-state index is 0.00359. The number of carbonyl (C=O) groups is 3. The molecule has 0 bridgehead atoms. The summed E-state index contributed by atoms with van der Waals surface area (Å²) in [5.41, 5.74) is 3.34. The number of piperidine rings is 1. The maximum absolute atomic E-state index is 13.2. The number of carbonyl (C=O) groups excluding carboxylic acids is 2. The molecule has 11 heteroatoms. The molecule has 3 heterocycles. The normalized spacial score (nSPS) is 17.9. The third-order valence-corrected chi connectivity index (χ3v) is 6.43. The summed E-state index contributed by atoms with van der Waals surface area (Å²) in [6.45, 7) is 2.49. The summed E-state index contributed by atoms with van der Waals surface area (Å²) in [7, 11) is 0. The van der Waals surface area contributed by atoms with Gasteiger partial charge in [0.2, 0.25) is 5.91 Å². The van der Waals surface area contributed by atoms with Gasteiger partial charge in [0.15, 0.2) is 5.82 Å². The number of benzene rings is 1. The lowest BCUT2D eigenvalue weighted by atomic mass is 9.97. The minimum atomic E-state index is -1.09. The van der Waals surface area contributed by atoms with Crippen molar-refractivity contribution in [1.29, 1.82) is 0 Å². The van der Waals surface area contributed by atoms with E-state index in [4.69, 9.17) is 9.84 Å². The number of carboxylic acids is 1. The molecular formula is C25H32N6O5. The standard InChI is InChI=1S/C25H32N6O5/c32-22(33)12-16-31(25(35)36-17-19-5-2-1-3-6-19)29-24(34)20-7-4-15-30-21(27-28-23(20)30)9-8-18-10-13-26-14-11-18/h1-3,5-6,8-9,18,20,26H,4,7,10-17H2,(H,29,34)(H,32,33). The molecule has 1 saturated heterocycles. The maximum Gasteiger partial charge on any atom is 0.429 e. The maximum atomic E-state index is 13.2. The summed E-state index contributed by atoms with van der Waals surface area (Å²) in [4.78, 5) is 37.0. The van der Waals surface area contributed by atoms with E-state index < -0.39 is 23.9 Å². The number of allylic oxidation sites excluding steroid dienone is 1. The molecule has 1 atom stereocenters. The van der Waals surface area contributed by atoms with E-state index in [0.717, 1.165) is 42.9 Å². The molecule has 2 aromatic rings. The highest BCUT2D eigenvalue weighted by Crippen LogP contribution is 2.27. The van der Waals surface area contributed by atoms with Crippen LogP contribution in [0.15, 0.2) is 36.4 Å². The zero-order valence-corrected chi connectivity index (χ0v) is 20.1. The number of amides is 2. The van der Waals surface area contributed by atoms with Gasteiger partial charge in [-0.1, -0.05) is 36.4 Å².